The molecule has 3 aromatic heterocycles. The minimum Gasteiger partial charge on any atom is -0.457 e. The van der Waals surface area contributed by atoms with Gasteiger partial charge >= 0.3 is 5.97 Å². The van der Waals surface area contributed by atoms with Gasteiger partial charge in [-0.05, 0) is 44.9 Å². The third kappa shape index (κ3) is 4.16. The van der Waals surface area contributed by atoms with Crippen LogP contribution in [0, 0.1) is 19.8 Å². The molecule has 170 valence electrons. The number of aromatic nitrogens is 3. The Hall–Kier alpha value is -3.46. The van der Waals surface area contributed by atoms with E-state index in [1.54, 1.807) is 6.20 Å². The molecule has 1 aromatic carbocycles. The van der Waals surface area contributed by atoms with E-state index in [-0.39, 0.29) is 24.3 Å². The van der Waals surface area contributed by atoms with Crippen LogP contribution in [0.25, 0.3) is 16.2 Å². The van der Waals surface area contributed by atoms with Crippen LogP contribution in [-0.2, 0) is 9.53 Å². The summed E-state index contributed by atoms with van der Waals surface area (Å²) in [6.45, 7) is 4.85. The van der Waals surface area contributed by atoms with Crippen LogP contribution in [0.4, 0.5) is 6.01 Å². The van der Waals surface area contributed by atoms with E-state index in [0.717, 1.165) is 27.6 Å². The number of thiazole rings is 1. The normalized spacial score (nSPS) is 14.7. The number of esters is 1. The third-order valence-corrected chi connectivity index (χ3v) is 6.83. The molecule has 0 radical (unpaired) electrons. The highest BCUT2D eigenvalue weighted by Gasteiger charge is 2.29. The van der Waals surface area contributed by atoms with Crippen LogP contribution in [0.1, 0.15) is 34.6 Å². The number of benzene rings is 1. The van der Waals surface area contributed by atoms with Crippen LogP contribution in [0.5, 0.6) is 0 Å². The first-order valence-electron chi connectivity index (χ1n) is 10.9. The molecular weight excluding hydrogens is 440 g/mol. The largest absolute Gasteiger partial charge is 0.457 e. The van der Waals surface area contributed by atoms with Crippen molar-refractivity contribution in [3.8, 4) is 5.13 Å². The predicted molar refractivity (Wildman–Crippen MR) is 125 cm³/mol. The van der Waals surface area contributed by atoms with Gasteiger partial charge in [-0.1, -0.05) is 12.1 Å². The van der Waals surface area contributed by atoms with Gasteiger partial charge in [-0.15, -0.1) is 11.3 Å². The number of piperidine rings is 1. The maximum absolute atomic E-state index is 12.8. The Balaban J connectivity index is 1.17. The Morgan fingerprint density at radius 3 is 2.73 bits per heavy atom. The van der Waals surface area contributed by atoms with Crippen LogP contribution >= 0.6 is 11.3 Å². The number of oxazole rings is 1. The van der Waals surface area contributed by atoms with Gasteiger partial charge in [-0.2, -0.15) is 4.98 Å². The number of aryl methyl sites for hydroxylation is 1. The molecule has 9 heteroatoms. The zero-order valence-electron chi connectivity index (χ0n) is 18.5. The molecule has 4 aromatic rings. The quantitative estimate of drug-likeness (QED) is 0.310. The summed E-state index contributed by atoms with van der Waals surface area (Å²) in [5, 5.41) is 2.71. The van der Waals surface area contributed by atoms with Crippen LogP contribution in [0.2, 0.25) is 0 Å². The van der Waals surface area contributed by atoms with Crippen molar-refractivity contribution in [2.45, 2.75) is 26.7 Å². The zero-order valence-corrected chi connectivity index (χ0v) is 19.3. The lowest BCUT2D eigenvalue weighted by atomic mass is 9.97. The molecule has 0 saturated carbocycles. The highest BCUT2D eigenvalue weighted by atomic mass is 32.1. The molecule has 4 heterocycles. The van der Waals surface area contributed by atoms with E-state index in [4.69, 9.17) is 9.15 Å². The standard InChI is InChI=1S/C24H24N4O4S/c1-15-13-18(16(2)28(15)24-25-9-12-33-24)20(29)14-31-22(30)17-7-10-27(11-8-17)23-26-19-5-3-4-6-21(19)32-23/h3-6,9,12-13,17H,7-8,10-11,14H2,1-2H3. The summed E-state index contributed by atoms with van der Waals surface area (Å²) in [6, 6.07) is 10.0. The summed E-state index contributed by atoms with van der Waals surface area (Å²) in [4.78, 5) is 36.3. The first-order valence-corrected chi connectivity index (χ1v) is 11.8. The first kappa shape index (κ1) is 21.4. The summed E-state index contributed by atoms with van der Waals surface area (Å²) < 4.78 is 13.2. The molecule has 1 aliphatic heterocycles. The second-order valence-electron chi connectivity index (χ2n) is 8.19. The van der Waals surface area contributed by atoms with Gasteiger partial charge in [0, 0.05) is 41.6 Å². The van der Waals surface area contributed by atoms with E-state index in [1.807, 2.05) is 59.0 Å². The smallest absolute Gasteiger partial charge is 0.309 e. The molecule has 1 fully saturated rings. The fraction of sp³-hybridized carbons (Fsp3) is 0.333. The van der Waals surface area contributed by atoms with Crippen LogP contribution in [0.3, 0.4) is 0 Å². The second-order valence-corrected chi connectivity index (χ2v) is 9.06. The average Bonchev–Trinajstić information content (AvgIpc) is 3.56. The van der Waals surface area contributed by atoms with Gasteiger partial charge in [0.05, 0.1) is 5.92 Å². The van der Waals surface area contributed by atoms with Gasteiger partial charge < -0.3 is 14.1 Å². The fourth-order valence-corrected chi connectivity index (χ4v) is 5.05. The number of ketones is 1. The van der Waals surface area contributed by atoms with Crippen molar-refractivity contribution >= 4 is 40.2 Å². The zero-order chi connectivity index (χ0) is 22.9. The Morgan fingerprint density at radius 1 is 1.21 bits per heavy atom. The number of para-hydroxylation sites is 2. The minimum atomic E-state index is -0.325. The molecule has 1 aliphatic rings. The second kappa shape index (κ2) is 8.82. The molecule has 1 saturated heterocycles. The lowest BCUT2D eigenvalue weighted by molar-refractivity contribution is -0.148. The predicted octanol–water partition coefficient (Wildman–Crippen LogP) is 4.33. The third-order valence-electron chi connectivity index (χ3n) is 6.07. The summed E-state index contributed by atoms with van der Waals surface area (Å²) in [5.74, 6) is -0.765. The van der Waals surface area contributed by atoms with E-state index in [1.165, 1.54) is 11.3 Å². The van der Waals surface area contributed by atoms with Gasteiger partial charge in [0.1, 0.15) is 5.52 Å². The average molecular weight is 465 g/mol. The topological polar surface area (TPSA) is 90.5 Å². The molecule has 0 atom stereocenters. The number of ether oxygens (including phenoxy) is 1. The monoisotopic (exact) mass is 464 g/mol. The number of carbonyl (C=O) groups is 2. The summed E-state index contributed by atoms with van der Waals surface area (Å²) >= 11 is 1.51. The fourth-order valence-electron chi connectivity index (χ4n) is 4.30. The molecule has 0 bridgehead atoms. The van der Waals surface area contributed by atoms with E-state index >= 15 is 0 Å². The number of fused-ring (bicyclic) bond motifs is 1. The molecular formula is C24H24N4O4S. The maximum Gasteiger partial charge on any atom is 0.309 e. The molecule has 8 nitrogen and oxygen atoms in total. The summed E-state index contributed by atoms with van der Waals surface area (Å²) in [6.07, 6.45) is 2.99. The Labute approximate surface area is 194 Å². The molecule has 0 unspecified atom stereocenters. The summed E-state index contributed by atoms with van der Waals surface area (Å²) in [7, 11) is 0. The SMILES string of the molecule is Cc1cc(C(=O)COC(=O)C2CCN(c3nc4ccccc4o3)CC2)c(C)n1-c1nccs1. The van der Waals surface area contributed by atoms with Crippen molar-refractivity contribution in [2.75, 3.05) is 24.6 Å². The highest BCUT2D eigenvalue weighted by Crippen LogP contribution is 2.27. The number of Topliss-reactive ketones (excluding diaryl/α,β-unsaturated/α-hetero) is 1. The van der Waals surface area contributed by atoms with E-state index < -0.39 is 0 Å². The van der Waals surface area contributed by atoms with Gasteiger partial charge in [-0.25, -0.2) is 4.98 Å². The molecule has 33 heavy (non-hydrogen) atoms. The van der Waals surface area contributed by atoms with E-state index in [0.29, 0.717) is 37.5 Å². The van der Waals surface area contributed by atoms with E-state index in [2.05, 4.69) is 9.97 Å². The number of rotatable bonds is 6. The number of hydrogen-bond acceptors (Lipinski definition) is 8. The van der Waals surface area contributed by atoms with Crippen LogP contribution in [0.15, 0.2) is 46.3 Å². The van der Waals surface area contributed by atoms with Crippen molar-refractivity contribution in [1.29, 1.82) is 0 Å². The minimum absolute atomic E-state index is 0.205. The number of nitrogens with zero attached hydrogens (tertiary/aromatic N) is 4. The van der Waals surface area contributed by atoms with Crippen LogP contribution in [-0.4, -0.2) is 46.0 Å². The van der Waals surface area contributed by atoms with Gasteiger partial charge in [0.25, 0.3) is 6.01 Å². The van der Waals surface area contributed by atoms with Gasteiger partial charge in [0.15, 0.2) is 17.3 Å². The molecule has 0 N–H and O–H groups in total. The number of anilines is 1. The molecule has 5 rings (SSSR count). The van der Waals surface area contributed by atoms with Gasteiger partial charge in [0.2, 0.25) is 5.78 Å². The lowest BCUT2D eigenvalue weighted by Crippen LogP contribution is -2.37. The first-order chi connectivity index (χ1) is 16.0. The number of hydrogen-bond donors (Lipinski definition) is 0. The van der Waals surface area contributed by atoms with Crippen molar-refractivity contribution in [3.63, 3.8) is 0 Å². The van der Waals surface area contributed by atoms with Crippen LogP contribution < -0.4 is 4.90 Å². The Kier molecular flexibility index (Phi) is 5.72. The Morgan fingerprint density at radius 2 is 2.00 bits per heavy atom. The van der Waals surface area contributed by atoms with E-state index in [9.17, 15) is 9.59 Å². The molecule has 0 aliphatic carbocycles. The Bertz CT molecular complexity index is 1270. The highest BCUT2D eigenvalue weighted by molar-refractivity contribution is 7.12. The lowest BCUT2D eigenvalue weighted by Gasteiger charge is -2.29. The summed E-state index contributed by atoms with van der Waals surface area (Å²) in [5.41, 5.74) is 3.85. The van der Waals surface area contributed by atoms with Gasteiger partial charge in [-0.3, -0.25) is 14.2 Å². The number of carbonyl (C=O) groups excluding carboxylic acids is 2. The maximum atomic E-state index is 12.8. The molecule has 0 spiro atoms. The van der Waals surface area contributed by atoms with Crippen molar-refractivity contribution in [3.05, 3.63) is 58.9 Å². The van der Waals surface area contributed by atoms with Crippen molar-refractivity contribution in [1.82, 2.24) is 14.5 Å². The van der Waals surface area contributed by atoms with Crippen molar-refractivity contribution < 1.29 is 18.7 Å². The van der Waals surface area contributed by atoms with Crippen molar-refractivity contribution in [2.24, 2.45) is 5.92 Å². The molecule has 0 amide bonds.